The second kappa shape index (κ2) is 7.47. The van der Waals surface area contributed by atoms with Crippen molar-refractivity contribution in [3.63, 3.8) is 0 Å². The molecule has 0 aliphatic heterocycles. The number of amides is 2. The fraction of sp³-hybridized carbons (Fsp3) is 0.300. The van der Waals surface area contributed by atoms with Crippen molar-refractivity contribution >= 4 is 17.5 Å². The number of aryl methyl sites for hydroxylation is 2. The highest BCUT2D eigenvalue weighted by Gasteiger charge is 2.36. The molecule has 0 saturated heterocycles. The summed E-state index contributed by atoms with van der Waals surface area (Å²) >= 11 is 0. The molecule has 0 radical (unpaired) electrons. The average Bonchev–Trinajstić information content (AvgIpc) is 2.57. The maximum absolute atomic E-state index is 13.6. The van der Waals surface area contributed by atoms with Crippen molar-refractivity contribution in [2.75, 3.05) is 5.32 Å². The third kappa shape index (κ3) is 4.44. The maximum atomic E-state index is 13.6. The molecule has 2 aromatic carbocycles. The molecule has 2 N–H and O–H groups in total. The van der Waals surface area contributed by atoms with Crippen molar-refractivity contribution in [3.8, 4) is 0 Å². The van der Waals surface area contributed by atoms with Crippen LogP contribution < -0.4 is 10.6 Å². The Kier molecular flexibility index (Phi) is 5.57. The number of nitrogens with one attached hydrogen (secondary N) is 2. The van der Waals surface area contributed by atoms with E-state index >= 15 is 0 Å². The molecule has 0 spiro atoms. The van der Waals surface area contributed by atoms with E-state index in [0.717, 1.165) is 11.1 Å². The van der Waals surface area contributed by atoms with E-state index in [-0.39, 0.29) is 12.4 Å². The minimum atomic E-state index is -1.29. The number of rotatable bonds is 5. The minimum absolute atomic E-state index is 0.0336. The Balaban J connectivity index is 2.03. The molecule has 0 heterocycles. The third-order valence-electron chi connectivity index (χ3n) is 4.30. The van der Waals surface area contributed by atoms with Gasteiger partial charge in [-0.25, -0.2) is 4.39 Å². The van der Waals surface area contributed by atoms with Gasteiger partial charge in [-0.3, -0.25) is 9.59 Å². The van der Waals surface area contributed by atoms with Crippen LogP contribution in [0.2, 0.25) is 0 Å². The highest BCUT2D eigenvalue weighted by molar-refractivity contribution is 6.09. The van der Waals surface area contributed by atoms with E-state index in [1.165, 1.54) is 6.07 Å². The first-order chi connectivity index (χ1) is 11.7. The maximum Gasteiger partial charge on any atom is 0.239 e. The molecule has 0 saturated carbocycles. The second-order valence-corrected chi connectivity index (χ2v) is 6.65. The average molecular weight is 342 g/mol. The fourth-order valence-corrected chi connectivity index (χ4v) is 2.25. The lowest BCUT2D eigenvalue weighted by Crippen LogP contribution is -2.45. The molecule has 0 fully saturated rings. The van der Waals surface area contributed by atoms with Gasteiger partial charge in [0.05, 0.1) is 0 Å². The summed E-state index contributed by atoms with van der Waals surface area (Å²) < 4.78 is 13.6. The largest absolute Gasteiger partial charge is 0.351 e. The Morgan fingerprint density at radius 1 is 1.00 bits per heavy atom. The van der Waals surface area contributed by atoms with Crippen LogP contribution in [0.1, 0.15) is 30.5 Å². The summed E-state index contributed by atoms with van der Waals surface area (Å²) in [5, 5.41) is 5.39. The molecule has 2 amide bonds. The lowest BCUT2D eigenvalue weighted by atomic mass is 9.90. The molecule has 0 aromatic heterocycles. The van der Waals surface area contributed by atoms with Crippen LogP contribution in [0.25, 0.3) is 0 Å². The molecule has 5 heteroatoms. The van der Waals surface area contributed by atoms with E-state index in [0.29, 0.717) is 11.3 Å². The number of halogens is 1. The van der Waals surface area contributed by atoms with Gasteiger partial charge in [-0.2, -0.15) is 0 Å². The number of carbonyl (C=O) groups excluding carboxylic acids is 2. The summed E-state index contributed by atoms with van der Waals surface area (Å²) in [5.74, 6) is -1.26. The van der Waals surface area contributed by atoms with Gasteiger partial charge in [-0.05, 0) is 57.0 Å². The van der Waals surface area contributed by atoms with Gasteiger partial charge in [0.1, 0.15) is 11.2 Å². The topological polar surface area (TPSA) is 58.2 Å². The van der Waals surface area contributed by atoms with Gasteiger partial charge >= 0.3 is 0 Å². The smallest absolute Gasteiger partial charge is 0.239 e. The quantitative estimate of drug-likeness (QED) is 0.814. The summed E-state index contributed by atoms with van der Waals surface area (Å²) in [6.45, 7) is 7.06. The molecule has 25 heavy (non-hydrogen) atoms. The summed E-state index contributed by atoms with van der Waals surface area (Å²) in [7, 11) is 0. The second-order valence-electron chi connectivity index (χ2n) is 6.65. The molecule has 0 unspecified atom stereocenters. The van der Waals surface area contributed by atoms with Crippen LogP contribution in [0.4, 0.5) is 10.1 Å². The van der Waals surface area contributed by atoms with E-state index in [1.807, 2.05) is 26.0 Å². The van der Waals surface area contributed by atoms with Crippen LogP contribution in [0, 0.1) is 25.1 Å². The van der Waals surface area contributed by atoms with Gasteiger partial charge in [-0.15, -0.1) is 0 Å². The monoisotopic (exact) mass is 342 g/mol. The number of carbonyl (C=O) groups is 2. The molecular formula is C20H23FN2O2. The van der Waals surface area contributed by atoms with Crippen LogP contribution in [-0.4, -0.2) is 11.8 Å². The number of hydrogen-bond donors (Lipinski definition) is 2. The van der Waals surface area contributed by atoms with Crippen LogP contribution in [0.3, 0.4) is 0 Å². The lowest BCUT2D eigenvalue weighted by Gasteiger charge is -2.23. The molecule has 0 atom stereocenters. The van der Waals surface area contributed by atoms with Crippen molar-refractivity contribution in [2.24, 2.45) is 5.41 Å². The molecule has 132 valence electrons. The summed E-state index contributed by atoms with van der Waals surface area (Å²) in [6.07, 6.45) is 0. The Labute approximate surface area is 147 Å². The van der Waals surface area contributed by atoms with Crippen molar-refractivity contribution in [3.05, 3.63) is 65.0 Å². The highest BCUT2D eigenvalue weighted by atomic mass is 19.1. The highest BCUT2D eigenvalue weighted by Crippen LogP contribution is 2.21. The predicted molar refractivity (Wildman–Crippen MR) is 96.6 cm³/mol. The van der Waals surface area contributed by atoms with Gasteiger partial charge in [0, 0.05) is 17.8 Å². The van der Waals surface area contributed by atoms with Gasteiger partial charge in [0.15, 0.2) is 0 Å². The van der Waals surface area contributed by atoms with Crippen LogP contribution in [0.5, 0.6) is 0 Å². The standard InChI is InChI=1S/C20H23FN2O2/c1-13-9-10-16(11-14(13)2)23-19(25)20(3,4)18(24)22-12-15-7-5-6-8-17(15)21/h5-11H,12H2,1-4H3,(H,22,24)(H,23,25). The Bertz CT molecular complexity index is 800. The van der Waals surface area contributed by atoms with E-state index in [9.17, 15) is 14.0 Å². The van der Waals surface area contributed by atoms with Gasteiger partial charge in [-0.1, -0.05) is 24.3 Å². The zero-order chi connectivity index (χ0) is 18.6. The SMILES string of the molecule is Cc1ccc(NC(=O)C(C)(C)C(=O)NCc2ccccc2F)cc1C. The van der Waals surface area contributed by atoms with Crippen molar-refractivity contribution in [1.29, 1.82) is 0 Å². The molecule has 2 aromatic rings. The normalized spacial score (nSPS) is 11.1. The summed E-state index contributed by atoms with van der Waals surface area (Å²) in [4.78, 5) is 24.9. The molecule has 0 aliphatic rings. The summed E-state index contributed by atoms with van der Waals surface area (Å²) in [6, 6.07) is 11.8. The molecule has 2 rings (SSSR count). The summed E-state index contributed by atoms with van der Waals surface area (Å²) in [5.41, 5.74) is 1.91. The van der Waals surface area contributed by atoms with E-state index in [2.05, 4.69) is 10.6 Å². The number of anilines is 1. The number of hydrogen-bond acceptors (Lipinski definition) is 2. The van der Waals surface area contributed by atoms with Gasteiger partial charge in [0.2, 0.25) is 11.8 Å². The Morgan fingerprint density at radius 2 is 1.68 bits per heavy atom. The first kappa shape index (κ1) is 18.6. The van der Waals surface area contributed by atoms with Crippen LogP contribution in [-0.2, 0) is 16.1 Å². The van der Waals surface area contributed by atoms with Crippen molar-refractivity contribution in [1.82, 2.24) is 5.32 Å². The van der Waals surface area contributed by atoms with Gasteiger partial charge in [0.25, 0.3) is 0 Å². The lowest BCUT2D eigenvalue weighted by molar-refractivity contribution is -0.138. The predicted octanol–water partition coefficient (Wildman–Crippen LogP) is 3.72. The first-order valence-corrected chi connectivity index (χ1v) is 8.12. The molecular weight excluding hydrogens is 319 g/mol. The zero-order valence-corrected chi connectivity index (χ0v) is 14.9. The van der Waals surface area contributed by atoms with Crippen molar-refractivity contribution < 1.29 is 14.0 Å². The Morgan fingerprint density at radius 3 is 2.32 bits per heavy atom. The van der Waals surface area contributed by atoms with Crippen LogP contribution in [0.15, 0.2) is 42.5 Å². The van der Waals surface area contributed by atoms with Crippen molar-refractivity contribution in [2.45, 2.75) is 34.2 Å². The number of benzene rings is 2. The molecule has 0 aliphatic carbocycles. The van der Waals surface area contributed by atoms with E-state index in [1.54, 1.807) is 38.1 Å². The Hall–Kier alpha value is -2.69. The zero-order valence-electron chi connectivity index (χ0n) is 14.9. The third-order valence-corrected chi connectivity index (χ3v) is 4.30. The minimum Gasteiger partial charge on any atom is -0.351 e. The molecule has 4 nitrogen and oxygen atoms in total. The van der Waals surface area contributed by atoms with E-state index < -0.39 is 17.2 Å². The first-order valence-electron chi connectivity index (χ1n) is 8.12. The van der Waals surface area contributed by atoms with E-state index in [4.69, 9.17) is 0 Å². The van der Waals surface area contributed by atoms with Crippen LogP contribution >= 0.6 is 0 Å². The van der Waals surface area contributed by atoms with Gasteiger partial charge < -0.3 is 10.6 Å². The fourth-order valence-electron chi connectivity index (χ4n) is 2.25. The molecule has 0 bridgehead atoms.